The van der Waals surface area contributed by atoms with Gasteiger partial charge in [-0.25, -0.2) is 4.39 Å². The van der Waals surface area contributed by atoms with Gasteiger partial charge in [-0.05, 0) is 38.6 Å². The maximum Gasteiger partial charge on any atom is 0.123 e. The molecule has 0 aliphatic rings. The van der Waals surface area contributed by atoms with E-state index in [1.165, 1.54) is 12.1 Å². The minimum atomic E-state index is -0.535. The van der Waals surface area contributed by atoms with Crippen LogP contribution in [0, 0.1) is 17.1 Å². The molecule has 0 aliphatic heterocycles. The lowest BCUT2D eigenvalue weighted by Gasteiger charge is -2.28. The highest BCUT2D eigenvalue weighted by Gasteiger charge is 2.22. The maximum atomic E-state index is 12.9. The fourth-order valence-corrected chi connectivity index (χ4v) is 1.19. The van der Waals surface area contributed by atoms with Gasteiger partial charge in [-0.3, -0.25) is 4.90 Å². The Morgan fingerprint density at radius 1 is 1.47 bits per heavy atom. The molecule has 0 unspecified atom stereocenters. The van der Waals surface area contributed by atoms with Crippen LogP contribution in [0.25, 0.3) is 0 Å². The molecule has 0 fully saturated rings. The van der Waals surface area contributed by atoms with Crippen LogP contribution in [0.4, 0.5) is 4.39 Å². The van der Waals surface area contributed by atoms with E-state index in [4.69, 9.17) is 5.26 Å². The molecule has 1 aromatic rings. The molecule has 0 radical (unpaired) electrons. The van der Waals surface area contributed by atoms with E-state index in [0.29, 0.717) is 6.54 Å². The van der Waals surface area contributed by atoms with Crippen LogP contribution in [-0.4, -0.2) is 17.5 Å². The van der Waals surface area contributed by atoms with Gasteiger partial charge in [-0.15, -0.1) is 0 Å². The van der Waals surface area contributed by atoms with Gasteiger partial charge in [0.05, 0.1) is 6.07 Å². The number of halogens is 1. The van der Waals surface area contributed by atoms with Crippen molar-refractivity contribution < 1.29 is 4.39 Å². The summed E-state index contributed by atoms with van der Waals surface area (Å²) < 4.78 is 12.9. The number of hydrogen-bond acceptors (Lipinski definition) is 2. The van der Waals surface area contributed by atoms with E-state index in [1.807, 2.05) is 31.9 Å². The van der Waals surface area contributed by atoms with Gasteiger partial charge < -0.3 is 0 Å². The molecule has 2 nitrogen and oxygen atoms in total. The standard InChI is InChI=1S/C12H15FN2/c1-12(2,9-14)15(3)8-10-5-4-6-11(13)7-10/h4-7H,8H2,1-3H3. The molecule has 0 saturated heterocycles. The van der Waals surface area contributed by atoms with Gasteiger partial charge in [0, 0.05) is 6.54 Å². The van der Waals surface area contributed by atoms with E-state index in [2.05, 4.69) is 6.07 Å². The molecule has 1 aromatic carbocycles. The largest absolute Gasteiger partial charge is 0.285 e. The summed E-state index contributed by atoms with van der Waals surface area (Å²) in [5.74, 6) is -0.240. The van der Waals surface area contributed by atoms with Crippen molar-refractivity contribution >= 4 is 0 Å². The van der Waals surface area contributed by atoms with Crippen LogP contribution in [-0.2, 0) is 6.54 Å². The number of rotatable bonds is 3. The van der Waals surface area contributed by atoms with Crippen molar-refractivity contribution in [1.82, 2.24) is 4.90 Å². The second-order valence-electron chi connectivity index (χ2n) is 4.16. The van der Waals surface area contributed by atoms with E-state index >= 15 is 0 Å². The lowest BCUT2D eigenvalue weighted by Crippen LogP contribution is -2.39. The van der Waals surface area contributed by atoms with Crippen molar-refractivity contribution in [1.29, 1.82) is 5.26 Å². The number of nitriles is 1. The van der Waals surface area contributed by atoms with Gasteiger partial charge in [0.25, 0.3) is 0 Å². The van der Waals surface area contributed by atoms with Crippen molar-refractivity contribution in [3.63, 3.8) is 0 Å². The number of nitrogens with zero attached hydrogens (tertiary/aromatic N) is 2. The fraction of sp³-hybridized carbons (Fsp3) is 0.417. The molecular weight excluding hydrogens is 191 g/mol. The van der Waals surface area contributed by atoms with E-state index in [0.717, 1.165) is 5.56 Å². The summed E-state index contributed by atoms with van der Waals surface area (Å²) in [7, 11) is 1.86. The first kappa shape index (κ1) is 11.7. The number of benzene rings is 1. The molecule has 0 aliphatic carbocycles. The molecule has 0 atom stereocenters. The average molecular weight is 206 g/mol. The van der Waals surface area contributed by atoms with Crippen LogP contribution in [0.5, 0.6) is 0 Å². The SMILES string of the molecule is CN(Cc1cccc(F)c1)C(C)(C)C#N. The highest BCUT2D eigenvalue weighted by molar-refractivity contribution is 5.17. The maximum absolute atomic E-state index is 12.9. The normalized spacial score (nSPS) is 11.5. The Balaban J connectivity index is 2.76. The van der Waals surface area contributed by atoms with E-state index < -0.39 is 5.54 Å². The van der Waals surface area contributed by atoms with Crippen molar-refractivity contribution in [2.75, 3.05) is 7.05 Å². The summed E-state index contributed by atoms with van der Waals surface area (Å²) in [6.45, 7) is 4.25. The van der Waals surface area contributed by atoms with Gasteiger partial charge >= 0.3 is 0 Å². The Bertz CT molecular complexity index is 379. The van der Waals surface area contributed by atoms with Crippen LogP contribution in [0.1, 0.15) is 19.4 Å². The third kappa shape index (κ3) is 3.03. The quantitative estimate of drug-likeness (QED) is 0.760. The first-order valence-electron chi connectivity index (χ1n) is 4.82. The Labute approximate surface area is 89.9 Å². The predicted octanol–water partition coefficient (Wildman–Crippen LogP) is 2.56. The molecule has 80 valence electrons. The topological polar surface area (TPSA) is 27.0 Å². The summed E-state index contributed by atoms with van der Waals surface area (Å²) in [4.78, 5) is 1.89. The second-order valence-corrected chi connectivity index (χ2v) is 4.16. The zero-order valence-corrected chi connectivity index (χ0v) is 9.29. The number of hydrogen-bond donors (Lipinski definition) is 0. The van der Waals surface area contributed by atoms with Gasteiger partial charge in [0.1, 0.15) is 11.4 Å². The summed E-state index contributed by atoms with van der Waals surface area (Å²) >= 11 is 0. The van der Waals surface area contributed by atoms with Crippen LogP contribution in [0.15, 0.2) is 24.3 Å². The van der Waals surface area contributed by atoms with Gasteiger partial charge in [-0.1, -0.05) is 12.1 Å². The molecule has 3 heteroatoms. The molecule has 0 amide bonds. The molecule has 0 heterocycles. The molecular formula is C12H15FN2. The first-order valence-corrected chi connectivity index (χ1v) is 4.82. The minimum Gasteiger partial charge on any atom is -0.285 e. The van der Waals surface area contributed by atoms with Crippen molar-refractivity contribution in [2.45, 2.75) is 25.9 Å². The molecule has 0 saturated carbocycles. The fourth-order valence-electron chi connectivity index (χ4n) is 1.19. The first-order chi connectivity index (χ1) is 6.95. The molecule has 15 heavy (non-hydrogen) atoms. The lowest BCUT2D eigenvalue weighted by atomic mass is 10.0. The Morgan fingerprint density at radius 2 is 2.13 bits per heavy atom. The third-order valence-electron chi connectivity index (χ3n) is 2.54. The van der Waals surface area contributed by atoms with Crippen LogP contribution in [0.2, 0.25) is 0 Å². The monoisotopic (exact) mass is 206 g/mol. The molecule has 0 aromatic heterocycles. The summed E-state index contributed by atoms with van der Waals surface area (Å²) in [5.41, 5.74) is 0.340. The van der Waals surface area contributed by atoms with Crippen molar-refractivity contribution in [3.8, 4) is 6.07 Å². The Morgan fingerprint density at radius 3 is 2.67 bits per heavy atom. The van der Waals surface area contributed by atoms with Gasteiger partial charge in [0.15, 0.2) is 0 Å². The highest BCUT2D eigenvalue weighted by atomic mass is 19.1. The summed E-state index contributed by atoms with van der Waals surface area (Å²) in [6.07, 6.45) is 0. The predicted molar refractivity (Wildman–Crippen MR) is 57.6 cm³/mol. The molecule has 1 rings (SSSR count). The average Bonchev–Trinajstić information content (AvgIpc) is 2.17. The van der Waals surface area contributed by atoms with E-state index in [9.17, 15) is 4.39 Å². The van der Waals surface area contributed by atoms with Crippen LogP contribution >= 0.6 is 0 Å². The van der Waals surface area contributed by atoms with Crippen molar-refractivity contribution in [3.05, 3.63) is 35.6 Å². The Kier molecular flexibility index (Phi) is 3.43. The highest BCUT2D eigenvalue weighted by Crippen LogP contribution is 2.15. The van der Waals surface area contributed by atoms with Crippen LogP contribution in [0.3, 0.4) is 0 Å². The lowest BCUT2D eigenvalue weighted by molar-refractivity contribution is 0.202. The summed E-state index contributed by atoms with van der Waals surface area (Å²) in [6, 6.07) is 8.65. The third-order valence-corrected chi connectivity index (χ3v) is 2.54. The Hall–Kier alpha value is -1.40. The van der Waals surface area contributed by atoms with E-state index in [1.54, 1.807) is 6.07 Å². The van der Waals surface area contributed by atoms with E-state index in [-0.39, 0.29) is 5.82 Å². The minimum absolute atomic E-state index is 0.240. The summed E-state index contributed by atoms with van der Waals surface area (Å²) in [5, 5.41) is 8.93. The van der Waals surface area contributed by atoms with Gasteiger partial charge in [-0.2, -0.15) is 5.26 Å². The van der Waals surface area contributed by atoms with Gasteiger partial charge in [0.2, 0.25) is 0 Å². The molecule has 0 bridgehead atoms. The zero-order chi connectivity index (χ0) is 11.5. The second kappa shape index (κ2) is 4.41. The molecule has 0 spiro atoms. The molecule has 0 N–H and O–H groups in total. The van der Waals surface area contributed by atoms with Crippen molar-refractivity contribution in [2.24, 2.45) is 0 Å². The zero-order valence-electron chi connectivity index (χ0n) is 9.29. The van der Waals surface area contributed by atoms with Crippen LogP contribution < -0.4 is 0 Å². The smallest absolute Gasteiger partial charge is 0.123 e.